The number of hydrogen-bond acceptors (Lipinski definition) is 4. The van der Waals surface area contributed by atoms with Crippen LogP contribution in [0.15, 0.2) is 35.9 Å². The molecular formula is C16H15Cl2N3OS. The SMILES string of the molecule is O=C(/C=C/c1cc(Cl)ccc1Cl)N1CCN(c2nccs2)CC1. The van der Waals surface area contributed by atoms with Crippen molar-refractivity contribution in [3.8, 4) is 0 Å². The Labute approximate surface area is 148 Å². The van der Waals surface area contributed by atoms with Gasteiger partial charge in [-0.05, 0) is 29.8 Å². The molecule has 1 aromatic heterocycles. The molecule has 23 heavy (non-hydrogen) atoms. The van der Waals surface area contributed by atoms with Gasteiger partial charge in [0.15, 0.2) is 5.13 Å². The van der Waals surface area contributed by atoms with Crippen LogP contribution in [0.25, 0.3) is 6.08 Å². The van der Waals surface area contributed by atoms with Crippen molar-refractivity contribution < 1.29 is 4.79 Å². The average Bonchev–Trinajstić information content (AvgIpc) is 3.10. The van der Waals surface area contributed by atoms with Gasteiger partial charge in [0, 0.05) is 53.9 Å². The van der Waals surface area contributed by atoms with Crippen LogP contribution in [0.2, 0.25) is 10.0 Å². The van der Waals surface area contributed by atoms with Gasteiger partial charge in [-0.3, -0.25) is 4.79 Å². The zero-order chi connectivity index (χ0) is 16.2. The van der Waals surface area contributed by atoms with Gasteiger partial charge in [0.2, 0.25) is 5.91 Å². The lowest BCUT2D eigenvalue weighted by Gasteiger charge is -2.34. The van der Waals surface area contributed by atoms with E-state index in [-0.39, 0.29) is 5.91 Å². The molecule has 0 bridgehead atoms. The minimum Gasteiger partial charge on any atom is -0.345 e. The van der Waals surface area contributed by atoms with Crippen LogP contribution in [-0.4, -0.2) is 42.0 Å². The monoisotopic (exact) mass is 367 g/mol. The second-order valence-corrected chi connectivity index (χ2v) is 6.84. The van der Waals surface area contributed by atoms with E-state index in [0.717, 1.165) is 23.8 Å². The largest absolute Gasteiger partial charge is 0.345 e. The van der Waals surface area contributed by atoms with Crippen molar-refractivity contribution in [3.05, 3.63) is 51.5 Å². The Kier molecular flexibility index (Phi) is 5.20. The lowest BCUT2D eigenvalue weighted by atomic mass is 10.2. The highest BCUT2D eigenvalue weighted by Gasteiger charge is 2.20. The highest BCUT2D eigenvalue weighted by Crippen LogP contribution is 2.22. The van der Waals surface area contributed by atoms with Crippen LogP contribution < -0.4 is 4.90 Å². The number of anilines is 1. The highest BCUT2D eigenvalue weighted by molar-refractivity contribution is 7.13. The molecule has 2 heterocycles. The van der Waals surface area contributed by atoms with Gasteiger partial charge in [-0.2, -0.15) is 0 Å². The summed E-state index contributed by atoms with van der Waals surface area (Å²) in [7, 11) is 0. The minimum atomic E-state index is -0.0140. The Morgan fingerprint density at radius 2 is 2.00 bits per heavy atom. The van der Waals surface area contributed by atoms with Crippen molar-refractivity contribution in [1.29, 1.82) is 0 Å². The molecule has 0 atom stereocenters. The Bertz CT molecular complexity index is 710. The molecule has 3 rings (SSSR count). The summed E-state index contributed by atoms with van der Waals surface area (Å²) in [6.07, 6.45) is 5.06. The maximum absolute atomic E-state index is 12.3. The topological polar surface area (TPSA) is 36.4 Å². The molecular weight excluding hydrogens is 353 g/mol. The molecule has 120 valence electrons. The van der Waals surface area contributed by atoms with Crippen LogP contribution >= 0.6 is 34.5 Å². The van der Waals surface area contributed by atoms with Gasteiger partial charge in [-0.15, -0.1) is 11.3 Å². The summed E-state index contributed by atoms with van der Waals surface area (Å²) < 4.78 is 0. The van der Waals surface area contributed by atoms with Gasteiger partial charge in [-0.1, -0.05) is 23.2 Å². The first-order chi connectivity index (χ1) is 11.1. The summed E-state index contributed by atoms with van der Waals surface area (Å²) in [5, 5.41) is 4.15. The third-order valence-electron chi connectivity index (χ3n) is 3.64. The van der Waals surface area contributed by atoms with Crippen molar-refractivity contribution in [2.24, 2.45) is 0 Å². The predicted octanol–water partition coefficient (Wildman–Crippen LogP) is 3.81. The minimum absolute atomic E-state index is 0.0140. The Morgan fingerprint density at radius 3 is 2.70 bits per heavy atom. The van der Waals surface area contributed by atoms with Gasteiger partial charge >= 0.3 is 0 Å². The van der Waals surface area contributed by atoms with Crippen LogP contribution in [0, 0.1) is 0 Å². The summed E-state index contributed by atoms with van der Waals surface area (Å²) in [4.78, 5) is 20.6. The fourth-order valence-electron chi connectivity index (χ4n) is 2.40. The van der Waals surface area contributed by atoms with E-state index in [0.29, 0.717) is 23.1 Å². The van der Waals surface area contributed by atoms with Gasteiger partial charge in [0.05, 0.1) is 0 Å². The predicted molar refractivity (Wildman–Crippen MR) is 96.4 cm³/mol. The molecule has 1 aliphatic heterocycles. The first kappa shape index (κ1) is 16.3. The molecule has 1 amide bonds. The zero-order valence-corrected chi connectivity index (χ0v) is 14.6. The normalized spacial score (nSPS) is 15.4. The Balaban J connectivity index is 1.59. The molecule has 0 saturated carbocycles. The number of rotatable bonds is 3. The van der Waals surface area contributed by atoms with Crippen molar-refractivity contribution in [3.63, 3.8) is 0 Å². The number of benzene rings is 1. The van der Waals surface area contributed by atoms with Gasteiger partial charge in [0.1, 0.15) is 0 Å². The Morgan fingerprint density at radius 1 is 1.22 bits per heavy atom. The zero-order valence-electron chi connectivity index (χ0n) is 12.3. The molecule has 1 saturated heterocycles. The molecule has 7 heteroatoms. The molecule has 1 aliphatic rings. The van der Waals surface area contributed by atoms with E-state index in [1.807, 2.05) is 10.3 Å². The molecule has 1 aromatic carbocycles. The van der Waals surface area contributed by atoms with E-state index >= 15 is 0 Å². The van der Waals surface area contributed by atoms with Crippen LogP contribution in [0.5, 0.6) is 0 Å². The van der Waals surface area contributed by atoms with E-state index in [2.05, 4.69) is 9.88 Å². The fraction of sp³-hybridized carbons (Fsp3) is 0.250. The summed E-state index contributed by atoms with van der Waals surface area (Å²) >= 11 is 13.7. The molecule has 1 fully saturated rings. The lowest BCUT2D eigenvalue weighted by Crippen LogP contribution is -2.48. The van der Waals surface area contributed by atoms with E-state index < -0.39 is 0 Å². The van der Waals surface area contributed by atoms with Crippen molar-refractivity contribution in [1.82, 2.24) is 9.88 Å². The molecule has 0 radical (unpaired) electrons. The highest BCUT2D eigenvalue weighted by atomic mass is 35.5. The fourth-order valence-corrected chi connectivity index (χ4v) is 3.46. The van der Waals surface area contributed by atoms with Gasteiger partial charge in [-0.25, -0.2) is 4.98 Å². The molecule has 0 spiro atoms. The van der Waals surface area contributed by atoms with Crippen molar-refractivity contribution in [2.75, 3.05) is 31.1 Å². The number of thiazole rings is 1. The lowest BCUT2D eigenvalue weighted by molar-refractivity contribution is -0.126. The van der Waals surface area contributed by atoms with E-state index in [9.17, 15) is 4.79 Å². The van der Waals surface area contributed by atoms with Crippen molar-refractivity contribution in [2.45, 2.75) is 0 Å². The second-order valence-electron chi connectivity index (χ2n) is 5.13. The molecule has 0 aliphatic carbocycles. The van der Waals surface area contributed by atoms with Crippen LogP contribution in [-0.2, 0) is 4.79 Å². The number of piperazine rings is 1. The number of carbonyl (C=O) groups is 1. The molecule has 2 aromatic rings. The Hall–Kier alpha value is -1.56. The van der Waals surface area contributed by atoms with Crippen LogP contribution in [0.3, 0.4) is 0 Å². The van der Waals surface area contributed by atoms with Crippen molar-refractivity contribution >= 4 is 51.7 Å². The van der Waals surface area contributed by atoms with Gasteiger partial charge in [0.25, 0.3) is 0 Å². The third-order valence-corrected chi connectivity index (χ3v) is 5.06. The summed E-state index contributed by atoms with van der Waals surface area (Å²) in [6, 6.07) is 5.19. The number of aromatic nitrogens is 1. The molecule has 0 unspecified atom stereocenters. The number of halogens is 2. The second kappa shape index (κ2) is 7.34. The van der Waals surface area contributed by atoms with Gasteiger partial charge < -0.3 is 9.80 Å². The first-order valence-corrected chi connectivity index (χ1v) is 8.83. The standard InChI is InChI=1S/C16H15Cl2N3OS/c17-13-2-3-14(18)12(11-13)1-4-15(22)20-6-8-21(9-7-20)16-19-5-10-23-16/h1-5,10-11H,6-9H2/b4-1+. The molecule has 4 nitrogen and oxygen atoms in total. The van der Waals surface area contributed by atoms with Crippen LogP contribution in [0.1, 0.15) is 5.56 Å². The first-order valence-electron chi connectivity index (χ1n) is 7.20. The number of amides is 1. The summed E-state index contributed by atoms with van der Waals surface area (Å²) in [6.45, 7) is 2.97. The third kappa shape index (κ3) is 4.05. The maximum Gasteiger partial charge on any atom is 0.246 e. The van der Waals surface area contributed by atoms with E-state index in [1.165, 1.54) is 0 Å². The number of hydrogen-bond donors (Lipinski definition) is 0. The maximum atomic E-state index is 12.3. The van der Waals surface area contributed by atoms with Crippen LogP contribution in [0.4, 0.5) is 5.13 Å². The van der Waals surface area contributed by atoms with E-state index in [1.54, 1.807) is 47.9 Å². The molecule has 0 N–H and O–H groups in total. The average molecular weight is 368 g/mol. The number of carbonyl (C=O) groups excluding carboxylic acids is 1. The van der Waals surface area contributed by atoms with E-state index in [4.69, 9.17) is 23.2 Å². The summed E-state index contributed by atoms with van der Waals surface area (Å²) in [5.41, 5.74) is 0.744. The summed E-state index contributed by atoms with van der Waals surface area (Å²) in [5.74, 6) is -0.0140. The number of nitrogens with zero attached hydrogens (tertiary/aromatic N) is 3. The quantitative estimate of drug-likeness (QED) is 0.773. The smallest absolute Gasteiger partial charge is 0.246 e.